The van der Waals surface area contributed by atoms with E-state index in [2.05, 4.69) is 69.1 Å². The van der Waals surface area contributed by atoms with Crippen molar-refractivity contribution >= 4 is 52.2 Å². The van der Waals surface area contributed by atoms with Crippen LogP contribution < -0.4 is 10.6 Å². The number of aromatic nitrogens is 2. The molecule has 3 rings (SSSR count). The first-order valence-corrected chi connectivity index (χ1v) is 9.53. The summed E-state index contributed by atoms with van der Waals surface area (Å²) >= 11 is 1.71. The molecule has 7 heteroatoms. The Bertz CT molecular complexity index is 868. The molecule has 0 unspecified atom stereocenters. The minimum atomic E-state index is 0. The van der Waals surface area contributed by atoms with Crippen LogP contribution in [0.2, 0.25) is 0 Å². The van der Waals surface area contributed by atoms with Gasteiger partial charge in [0.15, 0.2) is 5.96 Å². The van der Waals surface area contributed by atoms with Crippen molar-refractivity contribution in [2.24, 2.45) is 4.99 Å². The maximum atomic E-state index is 4.57. The number of rotatable bonds is 6. The van der Waals surface area contributed by atoms with Crippen LogP contribution in [0.4, 0.5) is 0 Å². The van der Waals surface area contributed by atoms with E-state index in [4.69, 9.17) is 0 Å². The molecular formula is C19H26IN5S. The van der Waals surface area contributed by atoms with Gasteiger partial charge in [0.05, 0.1) is 17.2 Å². The van der Waals surface area contributed by atoms with E-state index < -0.39 is 0 Å². The van der Waals surface area contributed by atoms with Crippen molar-refractivity contribution in [3.8, 4) is 0 Å². The van der Waals surface area contributed by atoms with E-state index in [1.807, 2.05) is 0 Å². The summed E-state index contributed by atoms with van der Waals surface area (Å²) in [5.41, 5.74) is 4.87. The lowest BCUT2D eigenvalue weighted by molar-refractivity contribution is 0.784. The third-order valence-corrected chi connectivity index (χ3v) is 5.30. The van der Waals surface area contributed by atoms with Crippen LogP contribution in [0.15, 0.2) is 34.6 Å². The zero-order valence-corrected chi connectivity index (χ0v) is 18.6. The molecule has 5 nitrogen and oxygen atoms in total. The third kappa shape index (κ3) is 4.97. The number of fused-ring (bicyclic) bond motifs is 1. The number of para-hydroxylation sites is 1. The number of H-pyrrole nitrogens is 1. The van der Waals surface area contributed by atoms with E-state index in [9.17, 15) is 0 Å². The number of thiazole rings is 1. The quantitative estimate of drug-likeness (QED) is 0.282. The molecule has 140 valence electrons. The third-order valence-electron chi connectivity index (χ3n) is 4.26. The van der Waals surface area contributed by atoms with Crippen LogP contribution in [0.25, 0.3) is 10.9 Å². The van der Waals surface area contributed by atoms with Gasteiger partial charge in [-0.15, -0.1) is 35.3 Å². The van der Waals surface area contributed by atoms with Crippen molar-refractivity contribution in [1.82, 2.24) is 20.6 Å². The number of hydrogen-bond donors (Lipinski definition) is 3. The molecule has 0 aliphatic carbocycles. The fourth-order valence-electron chi connectivity index (χ4n) is 2.95. The van der Waals surface area contributed by atoms with Crippen LogP contribution >= 0.6 is 35.3 Å². The number of nitrogens with one attached hydrogen (secondary N) is 3. The zero-order chi connectivity index (χ0) is 17.6. The summed E-state index contributed by atoms with van der Waals surface area (Å²) in [5.74, 6) is 0.809. The number of aromatic amines is 1. The van der Waals surface area contributed by atoms with Gasteiger partial charge in [0, 0.05) is 35.6 Å². The van der Waals surface area contributed by atoms with Crippen molar-refractivity contribution in [1.29, 1.82) is 0 Å². The molecule has 0 amide bonds. The maximum absolute atomic E-state index is 4.57. The SMILES string of the molecule is CCc1nc(CNC(=NC)NCCc2c(C)[nH]c3ccccc23)cs1.I. The second kappa shape index (κ2) is 9.91. The summed E-state index contributed by atoms with van der Waals surface area (Å²) in [6, 6.07) is 8.45. The fraction of sp³-hybridized carbons (Fsp3) is 0.368. The summed E-state index contributed by atoms with van der Waals surface area (Å²) in [7, 11) is 1.80. The van der Waals surface area contributed by atoms with E-state index in [1.165, 1.54) is 27.2 Å². The first kappa shape index (κ1) is 20.7. The molecule has 0 atom stereocenters. The van der Waals surface area contributed by atoms with Crippen LogP contribution in [-0.4, -0.2) is 29.5 Å². The molecule has 0 saturated heterocycles. The number of aryl methyl sites for hydroxylation is 2. The summed E-state index contributed by atoms with van der Waals surface area (Å²) in [4.78, 5) is 12.3. The van der Waals surface area contributed by atoms with E-state index in [1.54, 1.807) is 18.4 Å². The van der Waals surface area contributed by atoms with Crippen LogP contribution in [0.5, 0.6) is 0 Å². The Labute approximate surface area is 175 Å². The Balaban J connectivity index is 0.00000243. The molecule has 3 aromatic rings. The Hall–Kier alpha value is -1.61. The number of hydrogen-bond acceptors (Lipinski definition) is 3. The van der Waals surface area contributed by atoms with Gasteiger partial charge in [-0.2, -0.15) is 0 Å². The molecule has 0 radical (unpaired) electrons. The Morgan fingerprint density at radius 1 is 1.27 bits per heavy atom. The second-order valence-electron chi connectivity index (χ2n) is 5.96. The molecule has 26 heavy (non-hydrogen) atoms. The first-order valence-electron chi connectivity index (χ1n) is 8.65. The van der Waals surface area contributed by atoms with Crippen molar-refractivity contribution < 1.29 is 0 Å². The van der Waals surface area contributed by atoms with Crippen LogP contribution in [0, 0.1) is 6.92 Å². The molecule has 3 N–H and O–H groups in total. The number of aliphatic imine (C=N–C) groups is 1. The zero-order valence-electron chi connectivity index (χ0n) is 15.4. The molecule has 0 aliphatic rings. The molecule has 0 fully saturated rings. The Kier molecular flexibility index (Phi) is 7.89. The average Bonchev–Trinajstić information content (AvgIpc) is 3.22. The highest BCUT2D eigenvalue weighted by Crippen LogP contribution is 2.21. The Morgan fingerprint density at radius 3 is 2.81 bits per heavy atom. The minimum absolute atomic E-state index is 0. The van der Waals surface area contributed by atoms with Gasteiger partial charge in [-0.25, -0.2) is 4.98 Å². The van der Waals surface area contributed by atoms with Gasteiger partial charge in [-0.05, 0) is 31.4 Å². The van der Waals surface area contributed by atoms with Gasteiger partial charge in [-0.3, -0.25) is 4.99 Å². The smallest absolute Gasteiger partial charge is 0.191 e. The van der Waals surface area contributed by atoms with Gasteiger partial charge in [0.1, 0.15) is 0 Å². The van der Waals surface area contributed by atoms with E-state index >= 15 is 0 Å². The molecule has 0 saturated carbocycles. The predicted molar refractivity (Wildman–Crippen MR) is 122 cm³/mol. The highest BCUT2D eigenvalue weighted by molar-refractivity contribution is 14.0. The summed E-state index contributed by atoms with van der Waals surface area (Å²) < 4.78 is 0. The molecule has 2 heterocycles. The predicted octanol–water partition coefficient (Wildman–Crippen LogP) is 4.02. The first-order chi connectivity index (χ1) is 12.2. The van der Waals surface area contributed by atoms with E-state index in [0.717, 1.165) is 31.0 Å². The van der Waals surface area contributed by atoms with Gasteiger partial charge in [0.2, 0.25) is 0 Å². The summed E-state index contributed by atoms with van der Waals surface area (Å²) in [5, 5.41) is 11.3. The van der Waals surface area contributed by atoms with E-state index in [-0.39, 0.29) is 24.0 Å². The summed E-state index contributed by atoms with van der Waals surface area (Å²) in [6.45, 7) is 5.79. The van der Waals surface area contributed by atoms with Gasteiger partial charge < -0.3 is 15.6 Å². The molecule has 1 aromatic carbocycles. The normalized spacial score (nSPS) is 11.4. The maximum Gasteiger partial charge on any atom is 0.191 e. The number of nitrogens with zero attached hydrogens (tertiary/aromatic N) is 2. The largest absolute Gasteiger partial charge is 0.358 e. The Morgan fingerprint density at radius 2 is 2.08 bits per heavy atom. The molecular weight excluding hydrogens is 457 g/mol. The van der Waals surface area contributed by atoms with Crippen molar-refractivity contribution in [3.05, 3.63) is 51.6 Å². The van der Waals surface area contributed by atoms with E-state index in [0.29, 0.717) is 6.54 Å². The molecule has 0 spiro atoms. The van der Waals surface area contributed by atoms with Gasteiger partial charge in [-0.1, -0.05) is 25.1 Å². The number of benzene rings is 1. The topological polar surface area (TPSA) is 65.1 Å². The average molecular weight is 483 g/mol. The minimum Gasteiger partial charge on any atom is -0.358 e. The molecule has 0 aliphatic heterocycles. The monoisotopic (exact) mass is 483 g/mol. The standard InChI is InChI=1S/C19H25N5S.HI/c1-4-18-24-14(12-25-18)11-22-19(20-3)21-10-9-15-13(2)23-17-8-6-5-7-16(15)17;/h5-8,12,23H,4,9-11H2,1-3H3,(H2,20,21,22);1H. The van der Waals surface area contributed by atoms with Crippen molar-refractivity contribution in [2.75, 3.05) is 13.6 Å². The highest BCUT2D eigenvalue weighted by Gasteiger charge is 2.08. The van der Waals surface area contributed by atoms with Crippen LogP contribution in [0.1, 0.15) is 28.9 Å². The van der Waals surface area contributed by atoms with Crippen molar-refractivity contribution in [3.63, 3.8) is 0 Å². The fourth-order valence-corrected chi connectivity index (χ4v) is 3.69. The lowest BCUT2D eigenvalue weighted by Gasteiger charge is -2.11. The van der Waals surface area contributed by atoms with Gasteiger partial charge in [0.25, 0.3) is 0 Å². The molecule has 0 bridgehead atoms. The summed E-state index contributed by atoms with van der Waals surface area (Å²) in [6.07, 6.45) is 1.94. The lowest BCUT2D eigenvalue weighted by Crippen LogP contribution is -2.38. The van der Waals surface area contributed by atoms with Crippen LogP contribution in [0.3, 0.4) is 0 Å². The number of guanidine groups is 1. The molecule has 2 aromatic heterocycles. The lowest BCUT2D eigenvalue weighted by atomic mass is 10.1. The van der Waals surface area contributed by atoms with Gasteiger partial charge >= 0.3 is 0 Å². The second-order valence-corrected chi connectivity index (χ2v) is 6.91. The highest BCUT2D eigenvalue weighted by atomic mass is 127. The van der Waals surface area contributed by atoms with Crippen molar-refractivity contribution in [2.45, 2.75) is 33.2 Å². The number of halogens is 1. The van der Waals surface area contributed by atoms with Crippen LogP contribution in [-0.2, 0) is 19.4 Å².